The zero-order valence-corrected chi connectivity index (χ0v) is 10.0. The number of benzene rings is 1. The Morgan fingerprint density at radius 1 is 1.40 bits per heavy atom. The fourth-order valence-electron chi connectivity index (χ4n) is 1.64. The van der Waals surface area contributed by atoms with Crippen LogP contribution in [0.25, 0.3) is 10.9 Å². The van der Waals surface area contributed by atoms with Crippen LogP contribution < -0.4 is 10.3 Å². The Hall–Kier alpha value is -1.29. The van der Waals surface area contributed by atoms with Crippen LogP contribution in [0.1, 0.15) is 5.56 Å². The summed E-state index contributed by atoms with van der Waals surface area (Å²) in [6.45, 7) is 1.91. The van der Waals surface area contributed by atoms with E-state index in [2.05, 4.69) is 20.9 Å². The lowest BCUT2D eigenvalue weighted by molar-refractivity contribution is 0.416. The van der Waals surface area contributed by atoms with Crippen molar-refractivity contribution in [1.82, 2.24) is 4.98 Å². The summed E-state index contributed by atoms with van der Waals surface area (Å²) >= 11 is 3.38. The highest BCUT2D eigenvalue weighted by Gasteiger charge is 2.08. The third-order valence-corrected chi connectivity index (χ3v) is 2.96. The zero-order valence-electron chi connectivity index (χ0n) is 8.43. The number of halogens is 1. The van der Waals surface area contributed by atoms with Crippen LogP contribution in [0.3, 0.4) is 0 Å². The number of pyridine rings is 1. The van der Waals surface area contributed by atoms with Crippen LogP contribution in [0.5, 0.6) is 5.75 Å². The van der Waals surface area contributed by atoms with Gasteiger partial charge in [-0.2, -0.15) is 0 Å². The van der Waals surface area contributed by atoms with Crippen molar-refractivity contribution in [2.24, 2.45) is 0 Å². The van der Waals surface area contributed by atoms with Gasteiger partial charge in [-0.05, 0) is 34.5 Å². The Morgan fingerprint density at radius 3 is 2.80 bits per heavy atom. The van der Waals surface area contributed by atoms with Crippen LogP contribution in [-0.4, -0.2) is 12.1 Å². The molecule has 4 heteroatoms. The van der Waals surface area contributed by atoms with Gasteiger partial charge in [0.25, 0.3) is 0 Å². The van der Waals surface area contributed by atoms with Crippen LogP contribution in [0.15, 0.2) is 27.5 Å². The highest BCUT2D eigenvalue weighted by atomic mass is 79.9. The van der Waals surface area contributed by atoms with Gasteiger partial charge in [0, 0.05) is 11.5 Å². The van der Waals surface area contributed by atoms with Crippen molar-refractivity contribution in [2.45, 2.75) is 6.92 Å². The molecule has 0 fully saturated rings. The van der Waals surface area contributed by atoms with Crippen molar-refractivity contribution in [3.8, 4) is 5.75 Å². The van der Waals surface area contributed by atoms with Gasteiger partial charge in [0.05, 0.1) is 17.1 Å². The van der Waals surface area contributed by atoms with E-state index in [0.717, 1.165) is 20.9 Å². The summed E-state index contributed by atoms with van der Waals surface area (Å²) in [7, 11) is 1.58. The molecule has 0 spiro atoms. The number of aryl methyl sites for hydroxylation is 1. The van der Waals surface area contributed by atoms with Gasteiger partial charge in [-0.1, -0.05) is 6.07 Å². The Labute approximate surface area is 95.2 Å². The van der Waals surface area contributed by atoms with Crippen molar-refractivity contribution in [2.75, 3.05) is 7.11 Å². The fourth-order valence-corrected chi connectivity index (χ4v) is 2.14. The van der Waals surface area contributed by atoms with E-state index in [-0.39, 0.29) is 5.56 Å². The number of aromatic nitrogens is 1. The van der Waals surface area contributed by atoms with Crippen molar-refractivity contribution < 1.29 is 4.74 Å². The molecule has 1 N–H and O–H groups in total. The molecule has 0 aliphatic rings. The van der Waals surface area contributed by atoms with E-state index >= 15 is 0 Å². The molecular formula is C11H10BrNO2. The summed E-state index contributed by atoms with van der Waals surface area (Å²) in [6.07, 6.45) is 0. The first-order valence-electron chi connectivity index (χ1n) is 4.49. The molecule has 3 nitrogen and oxygen atoms in total. The molecule has 0 aliphatic heterocycles. The normalized spacial score (nSPS) is 10.6. The third-order valence-electron chi connectivity index (χ3n) is 2.33. The lowest BCUT2D eigenvalue weighted by atomic mass is 10.1. The molecule has 1 aromatic heterocycles. The van der Waals surface area contributed by atoms with Crippen LogP contribution in [0.2, 0.25) is 0 Å². The van der Waals surface area contributed by atoms with Gasteiger partial charge in [0.1, 0.15) is 0 Å². The van der Waals surface area contributed by atoms with E-state index in [9.17, 15) is 4.79 Å². The summed E-state index contributed by atoms with van der Waals surface area (Å²) in [4.78, 5) is 14.1. The molecule has 1 heterocycles. The van der Waals surface area contributed by atoms with Crippen molar-refractivity contribution in [3.05, 3.63) is 38.6 Å². The predicted octanol–water partition coefficient (Wildman–Crippen LogP) is 2.61. The molecular weight excluding hydrogens is 258 g/mol. The van der Waals surface area contributed by atoms with Crippen molar-refractivity contribution >= 4 is 26.8 Å². The van der Waals surface area contributed by atoms with E-state index in [1.54, 1.807) is 13.2 Å². The molecule has 0 saturated heterocycles. The molecule has 2 aromatic rings. The number of methoxy groups -OCH3 is 1. The van der Waals surface area contributed by atoms with Crippen LogP contribution >= 0.6 is 15.9 Å². The maximum atomic E-state index is 11.4. The highest BCUT2D eigenvalue weighted by molar-refractivity contribution is 9.10. The van der Waals surface area contributed by atoms with Crippen molar-refractivity contribution in [1.29, 1.82) is 0 Å². The maximum Gasteiger partial charge on any atom is 0.248 e. The van der Waals surface area contributed by atoms with Gasteiger partial charge >= 0.3 is 0 Å². The molecule has 0 unspecified atom stereocenters. The number of H-pyrrole nitrogens is 1. The number of rotatable bonds is 1. The number of fused-ring (bicyclic) bond motifs is 1. The number of nitrogens with one attached hydrogen (secondary N) is 1. The monoisotopic (exact) mass is 267 g/mol. The maximum absolute atomic E-state index is 11.4. The topological polar surface area (TPSA) is 42.1 Å². The first kappa shape index (κ1) is 10.2. The zero-order chi connectivity index (χ0) is 11.0. The summed E-state index contributed by atoms with van der Waals surface area (Å²) in [5, 5.41) is 0.995. The molecule has 2 rings (SSSR count). The summed E-state index contributed by atoms with van der Waals surface area (Å²) in [5.41, 5.74) is 1.56. The minimum absolute atomic E-state index is 0.114. The quantitative estimate of drug-likeness (QED) is 0.863. The number of hydrogen-bond donors (Lipinski definition) is 1. The molecule has 0 saturated carbocycles. The van der Waals surface area contributed by atoms with Crippen LogP contribution in [0, 0.1) is 6.92 Å². The molecule has 0 bridgehead atoms. The largest absolute Gasteiger partial charge is 0.493 e. The molecule has 78 valence electrons. The van der Waals surface area contributed by atoms with Gasteiger partial charge in [-0.3, -0.25) is 4.79 Å². The van der Waals surface area contributed by atoms with E-state index in [1.807, 2.05) is 19.1 Å². The van der Waals surface area contributed by atoms with Gasteiger partial charge < -0.3 is 9.72 Å². The first-order valence-corrected chi connectivity index (χ1v) is 5.29. The minimum atomic E-state index is -0.114. The Balaban J connectivity index is 2.97. The Morgan fingerprint density at radius 2 is 2.13 bits per heavy atom. The third kappa shape index (κ3) is 1.65. The average Bonchev–Trinajstić information content (AvgIpc) is 2.17. The molecule has 15 heavy (non-hydrogen) atoms. The molecule has 0 atom stereocenters. The smallest absolute Gasteiger partial charge is 0.248 e. The van der Waals surface area contributed by atoms with Gasteiger partial charge in [-0.25, -0.2) is 0 Å². The number of hydrogen-bond acceptors (Lipinski definition) is 2. The molecule has 0 amide bonds. The van der Waals surface area contributed by atoms with Gasteiger partial charge in [-0.15, -0.1) is 0 Å². The van der Waals surface area contributed by atoms with E-state index in [4.69, 9.17) is 4.74 Å². The number of ether oxygens (including phenoxy) is 1. The van der Waals surface area contributed by atoms with Gasteiger partial charge in [0.2, 0.25) is 5.56 Å². The van der Waals surface area contributed by atoms with E-state index < -0.39 is 0 Å². The second-order valence-electron chi connectivity index (χ2n) is 3.32. The van der Waals surface area contributed by atoms with Crippen molar-refractivity contribution in [3.63, 3.8) is 0 Å². The molecule has 1 aromatic carbocycles. The molecule has 0 aliphatic carbocycles. The summed E-state index contributed by atoms with van der Waals surface area (Å²) in [5.74, 6) is 0.660. The van der Waals surface area contributed by atoms with Crippen LogP contribution in [-0.2, 0) is 0 Å². The summed E-state index contributed by atoms with van der Waals surface area (Å²) < 4.78 is 6.08. The standard InChI is InChI=1S/C11H10BrNO2/c1-6-5-9(14)13-10-7(6)3-4-8(12)11(10)15-2/h3-5H,1-2H3,(H,13,14). The van der Waals surface area contributed by atoms with E-state index in [1.165, 1.54) is 0 Å². The number of aromatic amines is 1. The lowest BCUT2D eigenvalue weighted by Gasteiger charge is -2.08. The van der Waals surface area contributed by atoms with E-state index in [0.29, 0.717) is 5.75 Å². The Kier molecular flexibility index (Phi) is 2.52. The summed E-state index contributed by atoms with van der Waals surface area (Å²) in [6, 6.07) is 5.44. The fraction of sp³-hybridized carbons (Fsp3) is 0.182. The van der Waals surface area contributed by atoms with Gasteiger partial charge in [0.15, 0.2) is 5.75 Å². The first-order chi connectivity index (χ1) is 7.13. The predicted molar refractivity (Wildman–Crippen MR) is 63.6 cm³/mol. The minimum Gasteiger partial charge on any atom is -0.493 e. The molecule has 0 radical (unpaired) electrons. The van der Waals surface area contributed by atoms with Crippen LogP contribution in [0.4, 0.5) is 0 Å². The second kappa shape index (κ2) is 3.70. The Bertz CT molecular complexity index is 575. The second-order valence-corrected chi connectivity index (χ2v) is 4.17. The highest BCUT2D eigenvalue weighted by Crippen LogP contribution is 2.32. The SMILES string of the molecule is COc1c(Br)ccc2c(C)cc(=O)[nH]c12. The average molecular weight is 268 g/mol. The lowest BCUT2D eigenvalue weighted by Crippen LogP contribution is -2.05.